The summed E-state index contributed by atoms with van der Waals surface area (Å²) in [6.07, 6.45) is 1.62. The summed E-state index contributed by atoms with van der Waals surface area (Å²) in [5.74, 6) is 1.09. The maximum absolute atomic E-state index is 11.7. The van der Waals surface area contributed by atoms with E-state index >= 15 is 0 Å². The van der Waals surface area contributed by atoms with Crippen molar-refractivity contribution in [3.05, 3.63) is 39.2 Å². The topological polar surface area (TPSA) is 124 Å². The van der Waals surface area contributed by atoms with Crippen LogP contribution in [0.5, 0.6) is 0 Å². The second kappa shape index (κ2) is 5.27. The van der Waals surface area contributed by atoms with E-state index in [1.807, 2.05) is 17.0 Å². The van der Waals surface area contributed by atoms with Crippen LogP contribution < -0.4 is 26.8 Å². The molecule has 0 aromatic carbocycles. The molecule has 1 saturated heterocycles. The van der Waals surface area contributed by atoms with E-state index in [0.717, 1.165) is 5.82 Å². The summed E-state index contributed by atoms with van der Waals surface area (Å²) in [6, 6.07) is 3.68. The molecule has 9 heteroatoms. The van der Waals surface area contributed by atoms with Gasteiger partial charge in [0.05, 0.1) is 11.9 Å². The first-order valence-electron chi connectivity index (χ1n) is 6.54. The van der Waals surface area contributed by atoms with Gasteiger partial charge in [0.25, 0.3) is 5.56 Å². The maximum Gasteiger partial charge on any atom is 0.342 e. The number of piperazine rings is 1. The molecule has 21 heavy (non-hydrogen) atoms. The molecule has 0 atom stereocenters. The van der Waals surface area contributed by atoms with Gasteiger partial charge in [0.15, 0.2) is 0 Å². The molecule has 1 fully saturated rings. The van der Waals surface area contributed by atoms with E-state index in [9.17, 15) is 9.59 Å². The molecule has 0 unspecified atom stereocenters. The van der Waals surface area contributed by atoms with Crippen molar-refractivity contribution in [3.63, 3.8) is 0 Å². The van der Waals surface area contributed by atoms with Crippen LogP contribution in [-0.4, -0.2) is 46.3 Å². The third-order valence-corrected chi connectivity index (χ3v) is 3.37. The summed E-state index contributed by atoms with van der Waals surface area (Å²) >= 11 is 0. The predicted molar refractivity (Wildman–Crippen MR) is 78.6 cm³/mol. The van der Waals surface area contributed by atoms with Crippen molar-refractivity contribution in [2.24, 2.45) is 0 Å². The number of aromatic amines is 2. The molecule has 0 aliphatic carbocycles. The summed E-state index contributed by atoms with van der Waals surface area (Å²) < 4.78 is 0. The zero-order valence-electron chi connectivity index (χ0n) is 11.2. The molecule has 0 bridgehead atoms. The first kappa shape index (κ1) is 13.2. The van der Waals surface area contributed by atoms with Crippen LogP contribution in [0.15, 0.2) is 27.9 Å². The number of nitrogens with two attached hydrogens (primary N) is 1. The van der Waals surface area contributed by atoms with E-state index in [2.05, 4.69) is 25.1 Å². The lowest BCUT2D eigenvalue weighted by Gasteiger charge is -2.35. The van der Waals surface area contributed by atoms with Crippen LogP contribution in [0.2, 0.25) is 0 Å². The number of aromatic nitrogens is 4. The number of H-pyrrole nitrogens is 2. The highest BCUT2D eigenvalue weighted by Gasteiger charge is 2.21. The number of nitrogens with one attached hydrogen (secondary N) is 2. The summed E-state index contributed by atoms with van der Waals surface area (Å²) in [4.78, 5) is 33.1. The van der Waals surface area contributed by atoms with Gasteiger partial charge in [0, 0.05) is 26.2 Å². The monoisotopic (exact) mass is 289 g/mol. The molecule has 0 saturated carbocycles. The van der Waals surface area contributed by atoms with Crippen LogP contribution in [0, 0.1) is 0 Å². The molecule has 1 aliphatic heterocycles. The number of pyridine rings is 1. The predicted octanol–water partition coefficient (Wildman–Crippen LogP) is -1.24. The van der Waals surface area contributed by atoms with E-state index < -0.39 is 11.2 Å². The molecule has 4 N–H and O–H groups in total. The molecule has 110 valence electrons. The number of rotatable bonds is 2. The van der Waals surface area contributed by atoms with Crippen molar-refractivity contribution in [1.82, 2.24) is 20.2 Å². The Labute approximate surface area is 119 Å². The van der Waals surface area contributed by atoms with Gasteiger partial charge in [-0.05, 0) is 12.1 Å². The van der Waals surface area contributed by atoms with Gasteiger partial charge < -0.3 is 15.5 Å². The molecule has 9 nitrogen and oxygen atoms in total. The Bertz CT molecular complexity index is 728. The normalized spacial score (nSPS) is 15.2. The number of hydrogen-bond acceptors (Lipinski definition) is 7. The van der Waals surface area contributed by atoms with E-state index in [1.165, 1.54) is 0 Å². The van der Waals surface area contributed by atoms with Gasteiger partial charge in [-0.3, -0.25) is 9.78 Å². The number of anilines is 3. The average Bonchev–Trinajstić information content (AvgIpc) is 2.48. The largest absolute Gasteiger partial charge is 0.397 e. The Morgan fingerprint density at radius 2 is 1.81 bits per heavy atom. The van der Waals surface area contributed by atoms with Crippen molar-refractivity contribution in [1.29, 1.82) is 0 Å². The quantitative estimate of drug-likeness (QED) is 0.631. The van der Waals surface area contributed by atoms with Crippen LogP contribution in [0.1, 0.15) is 0 Å². The molecule has 3 rings (SSSR count). The smallest absolute Gasteiger partial charge is 0.342 e. The van der Waals surface area contributed by atoms with E-state index in [4.69, 9.17) is 5.73 Å². The summed E-state index contributed by atoms with van der Waals surface area (Å²) in [7, 11) is 0. The average molecular weight is 289 g/mol. The Kier molecular flexibility index (Phi) is 3.30. The molecule has 0 radical (unpaired) electrons. The summed E-state index contributed by atoms with van der Waals surface area (Å²) in [5, 5.41) is 6.05. The summed E-state index contributed by atoms with van der Waals surface area (Å²) in [6.45, 7) is 2.65. The van der Waals surface area contributed by atoms with E-state index in [0.29, 0.717) is 31.9 Å². The van der Waals surface area contributed by atoms with Gasteiger partial charge in [0.1, 0.15) is 5.82 Å². The molecular weight excluding hydrogens is 274 g/mol. The maximum atomic E-state index is 11.7. The fourth-order valence-corrected chi connectivity index (χ4v) is 2.29. The van der Waals surface area contributed by atoms with Gasteiger partial charge in [0.2, 0.25) is 5.82 Å². The van der Waals surface area contributed by atoms with Gasteiger partial charge in [-0.2, -0.15) is 0 Å². The standard InChI is InChI=1S/C12H15N7O2/c13-8-1-2-9(14-7-8)18-3-5-19(6-4-18)10-11(20)15-12(21)17-16-10/h1-2,7H,3-6,13H2,(H2,15,17,20,21). The zero-order chi connectivity index (χ0) is 14.8. The van der Waals surface area contributed by atoms with Crippen LogP contribution >= 0.6 is 0 Å². The molecule has 2 aromatic heterocycles. The minimum atomic E-state index is -0.603. The second-order valence-electron chi connectivity index (χ2n) is 4.75. The van der Waals surface area contributed by atoms with Gasteiger partial charge >= 0.3 is 5.69 Å². The van der Waals surface area contributed by atoms with Crippen molar-refractivity contribution in [2.75, 3.05) is 41.7 Å². The lowest BCUT2D eigenvalue weighted by molar-refractivity contribution is 0.632. The Morgan fingerprint density at radius 1 is 1.10 bits per heavy atom. The van der Waals surface area contributed by atoms with Crippen LogP contribution in [-0.2, 0) is 0 Å². The number of nitrogen functional groups attached to an aromatic ring is 1. The molecule has 0 amide bonds. The number of nitrogens with zero attached hydrogens (tertiary/aromatic N) is 4. The molecule has 0 spiro atoms. The zero-order valence-corrected chi connectivity index (χ0v) is 11.2. The minimum Gasteiger partial charge on any atom is -0.397 e. The Balaban J connectivity index is 1.71. The molecule has 2 aromatic rings. The summed E-state index contributed by atoms with van der Waals surface area (Å²) in [5.41, 5.74) is 5.17. The minimum absolute atomic E-state index is 0.236. The lowest BCUT2D eigenvalue weighted by Crippen LogP contribution is -2.49. The van der Waals surface area contributed by atoms with Gasteiger partial charge in [-0.15, -0.1) is 5.10 Å². The molecular formula is C12H15N7O2. The SMILES string of the molecule is Nc1ccc(N2CCN(c3n[nH]c(=O)[nH]c3=O)CC2)nc1. The highest BCUT2D eigenvalue weighted by atomic mass is 16.2. The highest BCUT2D eigenvalue weighted by molar-refractivity contribution is 5.47. The highest BCUT2D eigenvalue weighted by Crippen LogP contribution is 2.15. The van der Waals surface area contributed by atoms with E-state index in [1.54, 1.807) is 6.20 Å². The molecule has 3 heterocycles. The lowest BCUT2D eigenvalue weighted by atomic mass is 10.3. The van der Waals surface area contributed by atoms with Gasteiger partial charge in [-0.1, -0.05) is 0 Å². The van der Waals surface area contributed by atoms with Crippen molar-refractivity contribution in [3.8, 4) is 0 Å². The molecule has 1 aliphatic rings. The van der Waals surface area contributed by atoms with Gasteiger partial charge in [-0.25, -0.2) is 14.9 Å². The van der Waals surface area contributed by atoms with Crippen LogP contribution in [0.4, 0.5) is 17.3 Å². The van der Waals surface area contributed by atoms with Crippen molar-refractivity contribution in [2.45, 2.75) is 0 Å². The third kappa shape index (κ3) is 2.71. The third-order valence-electron chi connectivity index (χ3n) is 3.37. The van der Waals surface area contributed by atoms with Crippen molar-refractivity contribution < 1.29 is 0 Å². The first-order chi connectivity index (χ1) is 10.1. The first-order valence-corrected chi connectivity index (χ1v) is 6.54. The van der Waals surface area contributed by atoms with Crippen LogP contribution in [0.3, 0.4) is 0 Å². The fourth-order valence-electron chi connectivity index (χ4n) is 2.29. The van der Waals surface area contributed by atoms with Crippen molar-refractivity contribution >= 4 is 17.3 Å². The van der Waals surface area contributed by atoms with Crippen LogP contribution in [0.25, 0.3) is 0 Å². The fraction of sp³-hybridized carbons (Fsp3) is 0.333. The number of hydrogen-bond donors (Lipinski definition) is 3. The second-order valence-corrected chi connectivity index (χ2v) is 4.75. The Morgan fingerprint density at radius 3 is 2.43 bits per heavy atom. The Hall–Kier alpha value is -2.84. The van der Waals surface area contributed by atoms with E-state index in [-0.39, 0.29) is 5.82 Å².